The van der Waals surface area contributed by atoms with E-state index in [0.29, 0.717) is 11.1 Å². The first-order valence-electron chi connectivity index (χ1n) is 3.24. The fourth-order valence-electron chi connectivity index (χ4n) is 0.886. The number of carbonyl (C=O) groups is 1. The Morgan fingerprint density at radius 3 is 2.73 bits per heavy atom. The Morgan fingerprint density at radius 1 is 1.55 bits per heavy atom. The van der Waals surface area contributed by atoms with Crippen molar-refractivity contribution in [3.63, 3.8) is 0 Å². The van der Waals surface area contributed by atoms with Gasteiger partial charge in [0, 0.05) is 5.56 Å². The first-order valence-corrected chi connectivity index (χ1v) is 3.24. The van der Waals surface area contributed by atoms with Gasteiger partial charge in [-0.05, 0) is 24.6 Å². The quantitative estimate of drug-likeness (QED) is 0.564. The summed E-state index contributed by atoms with van der Waals surface area (Å²) in [5, 5.41) is 8.54. The van der Waals surface area contributed by atoms with Gasteiger partial charge in [0.2, 0.25) is 0 Å². The van der Waals surface area contributed by atoms with Crippen molar-refractivity contribution in [1.82, 2.24) is 0 Å². The van der Waals surface area contributed by atoms with Crippen molar-refractivity contribution in [2.24, 2.45) is 0 Å². The summed E-state index contributed by atoms with van der Waals surface area (Å²) < 4.78 is 0. The number of carbonyl (C=O) groups excluding carboxylic acids is 1. The second-order valence-electron chi connectivity index (χ2n) is 2.30. The highest BCUT2D eigenvalue weighted by molar-refractivity contribution is 5.75. The predicted octanol–water partition coefficient (Wildman–Crippen LogP) is 1.68. The summed E-state index contributed by atoms with van der Waals surface area (Å²) in [7, 11) is 0. The molecule has 0 N–H and O–H groups in total. The Kier molecular flexibility index (Phi) is 2.03. The van der Waals surface area contributed by atoms with E-state index in [2.05, 4.69) is 0 Å². The summed E-state index contributed by atoms with van der Waals surface area (Å²) >= 11 is 0. The molecular weight excluding hydrogens is 138 g/mol. The normalized spacial score (nSPS) is 8.73. The summed E-state index contributed by atoms with van der Waals surface area (Å²) in [6.07, 6.45) is 0.772. The van der Waals surface area contributed by atoms with Crippen molar-refractivity contribution in [1.29, 1.82) is 5.26 Å². The lowest BCUT2D eigenvalue weighted by molar-refractivity contribution is 0.112. The minimum absolute atomic E-state index is 0.613. The first kappa shape index (κ1) is 7.49. The van der Waals surface area contributed by atoms with Gasteiger partial charge >= 0.3 is 0 Å². The number of hydrogen-bond donors (Lipinski definition) is 0. The Bertz CT molecular complexity index is 323. The SMILES string of the molecule is Cc1cc(C=O)ccc1C#N. The van der Waals surface area contributed by atoms with E-state index in [-0.39, 0.29) is 0 Å². The number of aldehydes is 1. The molecule has 0 aliphatic heterocycles. The third kappa shape index (κ3) is 1.44. The highest BCUT2D eigenvalue weighted by Gasteiger charge is 1.96. The third-order valence-electron chi connectivity index (χ3n) is 1.51. The molecule has 0 aromatic heterocycles. The van der Waals surface area contributed by atoms with Gasteiger partial charge in [-0.15, -0.1) is 0 Å². The monoisotopic (exact) mass is 145 g/mol. The fraction of sp³-hybridized carbons (Fsp3) is 0.111. The zero-order chi connectivity index (χ0) is 8.27. The molecule has 0 heterocycles. The second-order valence-corrected chi connectivity index (χ2v) is 2.30. The van der Waals surface area contributed by atoms with Crippen molar-refractivity contribution < 1.29 is 4.79 Å². The van der Waals surface area contributed by atoms with Crippen LogP contribution in [-0.4, -0.2) is 6.29 Å². The topological polar surface area (TPSA) is 40.9 Å². The predicted molar refractivity (Wildman–Crippen MR) is 41.3 cm³/mol. The van der Waals surface area contributed by atoms with Gasteiger partial charge in [-0.1, -0.05) is 6.07 Å². The maximum atomic E-state index is 10.3. The Morgan fingerprint density at radius 2 is 2.27 bits per heavy atom. The Balaban J connectivity index is 3.22. The van der Waals surface area contributed by atoms with E-state index in [1.165, 1.54) is 0 Å². The molecule has 1 rings (SSSR count). The standard InChI is InChI=1S/C9H7NO/c1-7-4-8(6-11)2-3-9(7)5-10/h2-4,6H,1H3. The maximum Gasteiger partial charge on any atom is 0.150 e. The molecule has 0 bridgehead atoms. The van der Waals surface area contributed by atoms with E-state index in [1.54, 1.807) is 18.2 Å². The van der Waals surface area contributed by atoms with E-state index in [0.717, 1.165) is 11.8 Å². The largest absolute Gasteiger partial charge is 0.298 e. The molecule has 0 saturated carbocycles. The molecule has 0 unspecified atom stereocenters. The molecule has 1 aromatic rings. The zero-order valence-corrected chi connectivity index (χ0v) is 6.16. The summed E-state index contributed by atoms with van der Waals surface area (Å²) in [6, 6.07) is 7.02. The number of aryl methyl sites for hydroxylation is 1. The maximum absolute atomic E-state index is 10.3. The highest BCUT2D eigenvalue weighted by atomic mass is 16.1. The van der Waals surface area contributed by atoms with Gasteiger partial charge in [-0.2, -0.15) is 5.26 Å². The molecule has 2 nitrogen and oxygen atoms in total. The van der Waals surface area contributed by atoms with Crippen LogP contribution in [0.1, 0.15) is 21.5 Å². The Hall–Kier alpha value is -1.62. The van der Waals surface area contributed by atoms with Crippen LogP contribution in [0, 0.1) is 18.3 Å². The number of nitriles is 1. The molecule has 2 heteroatoms. The smallest absolute Gasteiger partial charge is 0.150 e. The van der Waals surface area contributed by atoms with Gasteiger partial charge in [0.05, 0.1) is 11.6 Å². The number of hydrogen-bond acceptors (Lipinski definition) is 2. The van der Waals surface area contributed by atoms with Crippen molar-refractivity contribution in [3.05, 3.63) is 34.9 Å². The van der Waals surface area contributed by atoms with Gasteiger partial charge in [-0.25, -0.2) is 0 Å². The van der Waals surface area contributed by atoms with Crippen molar-refractivity contribution in [2.45, 2.75) is 6.92 Å². The van der Waals surface area contributed by atoms with E-state index in [9.17, 15) is 4.79 Å². The lowest BCUT2D eigenvalue weighted by Crippen LogP contribution is -1.85. The average molecular weight is 145 g/mol. The molecule has 0 amide bonds. The van der Waals surface area contributed by atoms with E-state index in [4.69, 9.17) is 5.26 Å². The number of benzene rings is 1. The van der Waals surface area contributed by atoms with Gasteiger partial charge in [0.15, 0.2) is 0 Å². The van der Waals surface area contributed by atoms with Gasteiger partial charge < -0.3 is 0 Å². The zero-order valence-electron chi connectivity index (χ0n) is 6.16. The van der Waals surface area contributed by atoms with Gasteiger partial charge in [0.1, 0.15) is 6.29 Å². The lowest BCUT2D eigenvalue weighted by atomic mass is 10.1. The van der Waals surface area contributed by atoms with E-state index in [1.807, 2.05) is 13.0 Å². The van der Waals surface area contributed by atoms with Crippen LogP contribution in [0.4, 0.5) is 0 Å². The summed E-state index contributed by atoms with van der Waals surface area (Å²) in [5.41, 5.74) is 2.08. The van der Waals surface area contributed by atoms with Crippen LogP contribution in [0.25, 0.3) is 0 Å². The second kappa shape index (κ2) is 2.98. The van der Waals surface area contributed by atoms with Crippen LogP contribution in [0.5, 0.6) is 0 Å². The Labute approximate surface area is 65.1 Å². The summed E-state index contributed by atoms with van der Waals surface area (Å²) in [6.45, 7) is 1.81. The minimum Gasteiger partial charge on any atom is -0.298 e. The van der Waals surface area contributed by atoms with Crippen LogP contribution in [0.2, 0.25) is 0 Å². The van der Waals surface area contributed by atoms with Gasteiger partial charge in [-0.3, -0.25) is 4.79 Å². The lowest BCUT2D eigenvalue weighted by Gasteiger charge is -1.95. The van der Waals surface area contributed by atoms with Crippen LogP contribution in [0.3, 0.4) is 0 Å². The van der Waals surface area contributed by atoms with Crippen molar-refractivity contribution >= 4 is 6.29 Å². The summed E-state index contributed by atoms with van der Waals surface area (Å²) in [4.78, 5) is 10.3. The van der Waals surface area contributed by atoms with Crippen molar-refractivity contribution in [2.75, 3.05) is 0 Å². The molecule has 0 atom stereocenters. The molecule has 0 aliphatic rings. The summed E-state index contributed by atoms with van der Waals surface area (Å²) in [5.74, 6) is 0. The highest BCUT2D eigenvalue weighted by Crippen LogP contribution is 2.07. The average Bonchev–Trinajstić information content (AvgIpc) is 2.04. The molecular formula is C9H7NO. The number of nitrogens with zero attached hydrogens (tertiary/aromatic N) is 1. The molecule has 0 radical (unpaired) electrons. The molecule has 0 saturated heterocycles. The molecule has 54 valence electrons. The molecule has 0 fully saturated rings. The van der Waals surface area contributed by atoms with Crippen LogP contribution >= 0.6 is 0 Å². The number of rotatable bonds is 1. The van der Waals surface area contributed by atoms with Crippen LogP contribution < -0.4 is 0 Å². The molecule has 0 spiro atoms. The molecule has 1 aromatic carbocycles. The molecule has 0 aliphatic carbocycles. The van der Waals surface area contributed by atoms with Crippen molar-refractivity contribution in [3.8, 4) is 6.07 Å². The van der Waals surface area contributed by atoms with Crippen LogP contribution in [0.15, 0.2) is 18.2 Å². The van der Waals surface area contributed by atoms with E-state index < -0.39 is 0 Å². The molecule has 11 heavy (non-hydrogen) atoms. The first-order chi connectivity index (χ1) is 5.27. The minimum atomic E-state index is 0.613. The fourth-order valence-corrected chi connectivity index (χ4v) is 0.886. The van der Waals surface area contributed by atoms with E-state index >= 15 is 0 Å². The van der Waals surface area contributed by atoms with Crippen LogP contribution in [-0.2, 0) is 0 Å². The van der Waals surface area contributed by atoms with Gasteiger partial charge in [0.25, 0.3) is 0 Å². The third-order valence-corrected chi connectivity index (χ3v) is 1.51.